The lowest BCUT2D eigenvalue weighted by molar-refractivity contribution is 0.498. The molecule has 13 heavy (non-hydrogen) atoms. The van der Waals surface area contributed by atoms with Gasteiger partial charge in [-0.15, -0.1) is 0 Å². The second kappa shape index (κ2) is 4.25. The summed E-state index contributed by atoms with van der Waals surface area (Å²) in [5.74, 6) is 0.781. The van der Waals surface area contributed by atoms with E-state index >= 15 is 0 Å². The fourth-order valence-corrected chi connectivity index (χ4v) is 1.82. The molecule has 0 aromatic rings. The maximum Gasteiger partial charge on any atom is 0.130 e. The number of rotatable bonds is 1. The van der Waals surface area contributed by atoms with Crippen LogP contribution in [0.15, 0.2) is 60.2 Å². The molecule has 0 aliphatic carbocycles. The highest BCUT2D eigenvalue weighted by atomic mass is 31.1. The first-order valence-corrected chi connectivity index (χ1v) is 4.92. The molecule has 0 N–H and O–H groups in total. The zero-order chi connectivity index (χ0) is 9.84. The summed E-state index contributed by atoms with van der Waals surface area (Å²) in [5.41, 5.74) is 1.83. The number of hydrogen-bond donors (Lipinski definition) is 0. The van der Waals surface area contributed by atoms with E-state index in [0.29, 0.717) is 8.81 Å². The van der Waals surface area contributed by atoms with Crippen molar-refractivity contribution < 1.29 is 4.52 Å². The van der Waals surface area contributed by atoms with Gasteiger partial charge in [0.25, 0.3) is 0 Å². The van der Waals surface area contributed by atoms with E-state index in [4.69, 9.17) is 4.52 Å². The molecule has 1 aliphatic rings. The molecule has 1 fully saturated rings. The van der Waals surface area contributed by atoms with E-state index in [1.807, 2.05) is 19.1 Å². The highest BCUT2D eigenvalue weighted by Crippen LogP contribution is 2.44. The Bertz CT molecular complexity index is 321. The molecule has 1 aliphatic heterocycles. The molecule has 68 valence electrons. The molecular formula is C11H13OP. The van der Waals surface area contributed by atoms with Gasteiger partial charge in [0, 0.05) is 10.9 Å². The summed E-state index contributed by atoms with van der Waals surface area (Å²) in [6, 6.07) is 0. The molecule has 0 spiro atoms. The predicted octanol–water partition coefficient (Wildman–Crippen LogP) is 3.70. The number of allylic oxidation sites excluding steroid dienone is 5. The second-order valence-electron chi connectivity index (χ2n) is 2.63. The third-order valence-electron chi connectivity index (χ3n) is 1.82. The van der Waals surface area contributed by atoms with Crippen molar-refractivity contribution in [2.24, 2.45) is 0 Å². The molecule has 1 saturated heterocycles. The van der Waals surface area contributed by atoms with Crippen LogP contribution in [0, 0.1) is 0 Å². The molecule has 0 bridgehead atoms. The monoisotopic (exact) mass is 192 g/mol. The van der Waals surface area contributed by atoms with Crippen molar-refractivity contribution in [3.63, 3.8) is 0 Å². The molecular weight excluding hydrogens is 179 g/mol. The van der Waals surface area contributed by atoms with Crippen molar-refractivity contribution in [3.05, 3.63) is 60.2 Å². The Morgan fingerprint density at radius 3 is 2.54 bits per heavy atom. The van der Waals surface area contributed by atoms with Crippen LogP contribution in [-0.2, 0) is 4.52 Å². The van der Waals surface area contributed by atoms with Gasteiger partial charge < -0.3 is 4.52 Å². The van der Waals surface area contributed by atoms with Gasteiger partial charge >= 0.3 is 0 Å². The Hall–Kier alpha value is -1.07. The predicted molar refractivity (Wildman–Crippen MR) is 59.7 cm³/mol. The van der Waals surface area contributed by atoms with Crippen LogP contribution in [0.1, 0.15) is 6.92 Å². The Kier molecular flexibility index (Phi) is 3.27. The minimum absolute atomic E-state index is 0.334. The van der Waals surface area contributed by atoms with Gasteiger partial charge in [-0.25, -0.2) is 0 Å². The van der Waals surface area contributed by atoms with E-state index < -0.39 is 0 Å². The van der Waals surface area contributed by atoms with Gasteiger partial charge in [-0.1, -0.05) is 31.9 Å². The molecule has 0 amide bonds. The lowest BCUT2D eigenvalue weighted by Crippen LogP contribution is -2.00. The van der Waals surface area contributed by atoms with E-state index in [0.717, 1.165) is 22.2 Å². The summed E-state index contributed by atoms with van der Waals surface area (Å²) < 4.78 is 5.49. The van der Waals surface area contributed by atoms with E-state index in [-0.39, 0.29) is 0 Å². The molecule has 1 unspecified atom stereocenters. The summed E-state index contributed by atoms with van der Waals surface area (Å²) in [6.07, 6.45) is 5.52. The highest BCUT2D eigenvalue weighted by molar-refractivity contribution is 7.38. The summed E-state index contributed by atoms with van der Waals surface area (Å²) in [4.78, 5) is 0. The molecule has 0 saturated carbocycles. The molecule has 2 heteroatoms. The normalized spacial score (nSPS) is 25.3. The standard InChI is InChI=1S/C11H13OP/c1-5-7-10-8(3)9(4)11(6-2)13-12-10/h5-7,13H,1,3-4H2,2H3/b10-7+,11-6+. The fourth-order valence-electron chi connectivity index (χ4n) is 1.02. The first kappa shape index (κ1) is 10.0. The van der Waals surface area contributed by atoms with Crippen LogP contribution in [0.2, 0.25) is 0 Å². The lowest BCUT2D eigenvalue weighted by Gasteiger charge is -2.22. The maximum atomic E-state index is 5.49. The van der Waals surface area contributed by atoms with Gasteiger partial charge in [0.1, 0.15) is 14.6 Å². The fraction of sp³-hybridized carbons (Fsp3) is 0.0909. The minimum atomic E-state index is 0.334. The van der Waals surface area contributed by atoms with Crippen LogP contribution in [0.3, 0.4) is 0 Å². The van der Waals surface area contributed by atoms with Crippen molar-refractivity contribution in [1.82, 2.24) is 0 Å². The molecule has 1 heterocycles. The molecule has 1 rings (SSSR count). The quantitative estimate of drug-likeness (QED) is 0.575. The third-order valence-corrected chi connectivity index (χ3v) is 2.95. The van der Waals surface area contributed by atoms with Gasteiger partial charge in [-0.05, 0) is 18.6 Å². The first-order valence-electron chi connectivity index (χ1n) is 4.01. The average molecular weight is 192 g/mol. The molecule has 1 atom stereocenters. The van der Waals surface area contributed by atoms with Gasteiger partial charge in [0.05, 0.1) is 0 Å². The molecule has 1 nitrogen and oxygen atoms in total. The smallest absolute Gasteiger partial charge is 0.130 e. The van der Waals surface area contributed by atoms with Crippen LogP contribution in [0.25, 0.3) is 0 Å². The summed E-state index contributed by atoms with van der Waals surface area (Å²) in [6.45, 7) is 13.5. The Morgan fingerprint density at radius 1 is 1.31 bits per heavy atom. The first-order chi connectivity index (χ1) is 6.20. The minimum Gasteiger partial charge on any atom is -0.472 e. The second-order valence-corrected chi connectivity index (χ2v) is 3.58. The Labute approximate surface area is 81.0 Å². The molecule has 0 radical (unpaired) electrons. The third kappa shape index (κ3) is 1.99. The number of hydrogen-bond acceptors (Lipinski definition) is 1. The van der Waals surface area contributed by atoms with Gasteiger partial charge in [0.15, 0.2) is 0 Å². The maximum absolute atomic E-state index is 5.49. The van der Waals surface area contributed by atoms with Crippen LogP contribution in [-0.4, -0.2) is 0 Å². The zero-order valence-corrected chi connectivity index (χ0v) is 8.76. The van der Waals surface area contributed by atoms with Crippen molar-refractivity contribution in [3.8, 4) is 0 Å². The molecule has 0 aromatic carbocycles. The van der Waals surface area contributed by atoms with E-state index in [9.17, 15) is 0 Å². The lowest BCUT2D eigenvalue weighted by atomic mass is 10.1. The van der Waals surface area contributed by atoms with Crippen molar-refractivity contribution in [1.29, 1.82) is 0 Å². The summed E-state index contributed by atoms with van der Waals surface area (Å²) >= 11 is 0. The van der Waals surface area contributed by atoms with Crippen LogP contribution < -0.4 is 0 Å². The van der Waals surface area contributed by atoms with Crippen LogP contribution >= 0.6 is 8.81 Å². The highest BCUT2D eigenvalue weighted by Gasteiger charge is 2.18. The van der Waals surface area contributed by atoms with Crippen LogP contribution in [0.5, 0.6) is 0 Å². The Morgan fingerprint density at radius 2 is 2.00 bits per heavy atom. The summed E-state index contributed by atoms with van der Waals surface area (Å²) in [7, 11) is 0.334. The van der Waals surface area contributed by atoms with Gasteiger partial charge in [0.2, 0.25) is 0 Å². The van der Waals surface area contributed by atoms with Crippen molar-refractivity contribution in [2.75, 3.05) is 0 Å². The SMILES string of the molecule is C=C/C=C1/OP/C(=C/C)C(=C)C1=C. The van der Waals surface area contributed by atoms with E-state index in [1.165, 1.54) is 0 Å². The van der Waals surface area contributed by atoms with E-state index in [2.05, 4.69) is 19.7 Å². The zero-order valence-electron chi connectivity index (χ0n) is 7.76. The molecule has 0 aromatic heterocycles. The van der Waals surface area contributed by atoms with Crippen molar-refractivity contribution >= 4 is 8.81 Å². The Balaban J connectivity index is 2.95. The summed E-state index contributed by atoms with van der Waals surface area (Å²) in [5, 5.41) is 1.13. The van der Waals surface area contributed by atoms with Crippen molar-refractivity contribution in [2.45, 2.75) is 6.92 Å². The van der Waals surface area contributed by atoms with Gasteiger partial charge in [-0.2, -0.15) is 0 Å². The topological polar surface area (TPSA) is 9.23 Å². The largest absolute Gasteiger partial charge is 0.472 e. The van der Waals surface area contributed by atoms with E-state index in [1.54, 1.807) is 6.08 Å². The average Bonchev–Trinajstić information content (AvgIpc) is 2.14. The van der Waals surface area contributed by atoms with Gasteiger partial charge in [-0.3, -0.25) is 0 Å². The van der Waals surface area contributed by atoms with Crippen LogP contribution in [0.4, 0.5) is 0 Å².